The second-order valence-electron chi connectivity index (χ2n) is 6.09. The highest BCUT2D eigenvalue weighted by atomic mass is 16.6. The van der Waals surface area contributed by atoms with Crippen molar-refractivity contribution >= 4 is 17.5 Å². The molecule has 0 N–H and O–H groups in total. The van der Waals surface area contributed by atoms with Crippen molar-refractivity contribution in [1.29, 1.82) is 0 Å². The smallest absolute Gasteiger partial charge is 0.269 e. The van der Waals surface area contributed by atoms with Crippen LogP contribution in [0.2, 0.25) is 0 Å². The number of fused-ring (bicyclic) bond motifs is 1. The summed E-state index contributed by atoms with van der Waals surface area (Å²) in [5, 5.41) is 10.7. The van der Waals surface area contributed by atoms with Gasteiger partial charge in [-0.1, -0.05) is 0 Å². The van der Waals surface area contributed by atoms with Gasteiger partial charge in [0.1, 0.15) is 18.1 Å². The van der Waals surface area contributed by atoms with Crippen molar-refractivity contribution in [2.45, 2.75) is 6.61 Å². The first-order valence-corrected chi connectivity index (χ1v) is 8.44. The quantitative estimate of drug-likeness (QED) is 0.378. The number of allylic oxidation sites excluding steroid dienone is 1. The predicted octanol–water partition coefficient (Wildman–Crippen LogP) is 4.19. The molecule has 28 heavy (non-hydrogen) atoms. The second-order valence-corrected chi connectivity index (χ2v) is 6.09. The molecule has 7 nitrogen and oxygen atoms in total. The van der Waals surface area contributed by atoms with Crippen molar-refractivity contribution in [2.24, 2.45) is 0 Å². The number of nitro groups is 1. The molecule has 0 atom stereocenters. The summed E-state index contributed by atoms with van der Waals surface area (Å²) in [6, 6.07) is 14.7. The third-order valence-electron chi connectivity index (χ3n) is 4.20. The van der Waals surface area contributed by atoms with Crippen molar-refractivity contribution in [1.82, 2.24) is 4.98 Å². The number of rotatable bonds is 5. The van der Waals surface area contributed by atoms with E-state index in [0.29, 0.717) is 17.1 Å². The van der Waals surface area contributed by atoms with Crippen LogP contribution >= 0.6 is 0 Å². The van der Waals surface area contributed by atoms with E-state index in [9.17, 15) is 14.9 Å². The largest absolute Gasteiger partial charge is 0.489 e. The highest BCUT2D eigenvalue weighted by Gasteiger charge is 2.27. The fourth-order valence-electron chi connectivity index (χ4n) is 2.75. The van der Waals surface area contributed by atoms with Crippen LogP contribution in [0.25, 0.3) is 6.08 Å². The molecule has 0 saturated carbocycles. The van der Waals surface area contributed by atoms with E-state index in [4.69, 9.17) is 9.47 Å². The Kier molecular flexibility index (Phi) is 4.55. The maximum Gasteiger partial charge on any atom is 0.269 e. The number of carbonyl (C=O) groups is 1. The van der Waals surface area contributed by atoms with Gasteiger partial charge in [-0.2, -0.15) is 0 Å². The molecule has 0 aliphatic carbocycles. The van der Waals surface area contributed by atoms with E-state index in [0.717, 1.165) is 11.1 Å². The first kappa shape index (κ1) is 17.4. The van der Waals surface area contributed by atoms with Crippen LogP contribution in [0.15, 0.2) is 72.8 Å². The molecule has 1 aliphatic rings. The summed E-state index contributed by atoms with van der Waals surface area (Å²) >= 11 is 0. The van der Waals surface area contributed by atoms with Gasteiger partial charge in [0.2, 0.25) is 5.78 Å². The number of non-ortho nitro benzene ring substituents is 1. The van der Waals surface area contributed by atoms with Crippen molar-refractivity contribution < 1.29 is 19.2 Å². The zero-order chi connectivity index (χ0) is 19.5. The summed E-state index contributed by atoms with van der Waals surface area (Å²) in [6.45, 7) is 0.241. The maximum absolute atomic E-state index is 12.5. The summed E-state index contributed by atoms with van der Waals surface area (Å²) in [4.78, 5) is 26.7. The minimum Gasteiger partial charge on any atom is -0.489 e. The van der Waals surface area contributed by atoms with Crippen molar-refractivity contribution in [2.75, 3.05) is 0 Å². The van der Waals surface area contributed by atoms with Crippen LogP contribution in [0.1, 0.15) is 21.5 Å². The third-order valence-corrected chi connectivity index (χ3v) is 4.20. The topological polar surface area (TPSA) is 91.6 Å². The number of pyridine rings is 1. The van der Waals surface area contributed by atoms with Gasteiger partial charge in [0.05, 0.1) is 10.5 Å². The predicted molar refractivity (Wildman–Crippen MR) is 101 cm³/mol. The number of benzene rings is 2. The average molecular weight is 374 g/mol. The Morgan fingerprint density at radius 3 is 2.54 bits per heavy atom. The molecule has 0 spiro atoms. The molecule has 2 heterocycles. The molecule has 1 aliphatic heterocycles. The van der Waals surface area contributed by atoms with Crippen LogP contribution in [0.3, 0.4) is 0 Å². The van der Waals surface area contributed by atoms with E-state index in [1.807, 2.05) is 0 Å². The van der Waals surface area contributed by atoms with Gasteiger partial charge < -0.3 is 9.47 Å². The molecule has 7 heteroatoms. The summed E-state index contributed by atoms with van der Waals surface area (Å²) in [5.41, 5.74) is 2.12. The average Bonchev–Trinajstić information content (AvgIpc) is 3.02. The Balaban J connectivity index is 1.47. The van der Waals surface area contributed by atoms with Crippen LogP contribution in [0, 0.1) is 10.1 Å². The SMILES string of the molecule is O=C1C(=Cc2ccncc2)Oc2cc(OCc3ccc([N+](=O)[O-])cc3)ccc21. The molecule has 0 unspecified atom stereocenters. The highest BCUT2D eigenvalue weighted by molar-refractivity contribution is 6.14. The lowest BCUT2D eigenvalue weighted by Crippen LogP contribution is -1.98. The Morgan fingerprint density at radius 2 is 1.82 bits per heavy atom. The molecule has 1 aromatic heterocycles. The normalized spacial score (nSPS) is 13.9. The molecule has 0 saturated heterocycles. The molecule has 3 aromatic rings. The summed E-state index contributed by atoms with van der Waals surface area (Å²) < 4.78 is 11.4. The Bertz CT molecular complexity index is 1080. The minimum atomic E-state index is -0.448. The van der Waals surface area contributed by atoms with Crippen LogP contribution in [-0.4, -0.2) is 15.7 Å². The van der Waals surface area contributed by atoms with Gasteiger partial charge >= 0.3 is 0 Å². The molecule has 0 fully saturated rings. The molecule has 138 valence electrons. The number of ether oxygens (including phenoxy) is 2. The summed E-state index contributed by atoms with van der Waals surface area (Å²) in [5.74, 6) is 1.03. The number of nitro benzene ring substituents is 1. The molecular weight excluding hydrogens is 360 g/mol. The van der Waals surface area contributed by atoms with Gasteiger partial charge in [0.15, 0.2) is 5.76 Å². The molecular formula is C21H14N2O5. The maximum atomic E-state index is 12.5. The summed E-state index contributed by atoms with van der Waals surface area (Å²) in [7, 11) is 0. The van der Waals surface area contributed by atoms with E-state index >= 15 is 0 Å². The number of ketones is 1. The van der Waals surface area contributed by atoms with E-state index in [1.54, 1.807) is 60.9 Å². The lowest BCUT2D eigenvalue weighted by atomic mass is 10.1. The van der Waals surface area contributed by atoms with Gasteiger partial charge in [-0.15, -0.1) is 0 Å². The Morgan fingerprint density at radius 1 is 1.07 bits per heavy atom. The van der Waals surface area contributed by atoms with E-state index in [1.165, 1.54) is 12.1 Å². The summed E-state index contributed by atoms with van der Waals surface area (Å²) in [6.07, 6.45) is 4.95. The van der Waals surface area contributed by atoms with E-state index < -0.39 is 4.92 Å². The van der Waals surface area contributed by atoms with Crippen molar-refractivity contribution in [3.05, 3.63) is 99.6 Å². The first-order chi connectivity index (χ1) is 13.6. The van der Waals surface area contributed by atoms with Crippen LogP contribution in [-0.2, 0) is 6.61 Å². The minimum absolute atomic E-state index is 0.0294. The molecule has 0 bridgehead atoms. The molecule has 0 amide bonds. The molecule has 4 rings (SSSR count). The second kappa shape index (κ2) is 7.32. The number of aromatic nitrogens is 1. The Labute approximate surface area is 160 Å². The van der Waals surface area contributed by atoms with Gasteiger partial charge in [-0.3, -0.25) is 19.9 Å². The van der Waals surface area contributed by atoms with Crippen LogP contribution in [0.4, 0.5) is 5.69 Å². The van der Waals surface area contributed by atoms with Gasteiger partial charge in [0.25, 0.3) is 5.69 Å². The fraction of sp³-hybridized carbons (Fsp3) is 0.0476. The van der Waals surface area contributed by atoms with Crippen LogP contribution in [0.5, 0.6) is 11.5 Å². The lowest BCUT2D eigenvalue weighted by Gasteiger charge is -2.07. The number of carbonyl (C=O) groups excluding carboxylic acids is 1. The van der Waals surface area contributed by atoms with Gasteiger partial charge in [-0.05, 0) is 53.6 Å². The fourth-order valence-corrected chi connectivity index (χ4v) is 2.75. The lowest BCUT2D eigenvalue weighted by molar-refractivity contribution is -0.384. The number of hydrogen-bond donors (Lipinski definition) is 0. The number of Topliss-reactive ketones (excluding diaryl/α,β-unsaturated/α-hetero) is 1. The highest BCUT2D eigenvalue weighted by Crippen LogP contribution is 2.35. The monoisotopic (exact) mass is 374 g/mol. The van der Waals surface area contributed by atoms with E-state index in [2.05, 4.69) is 4.98 Å². The zero-order valence-electron chi connectivity index (χ0n) is 14.6. The Hall–Kier alpha value is -4.00. The zero-order valence-corrected chi connectivity index (χ0v) is 14.6. The number of hydrogen-bond acceptors (Lipinski definition) is 6. The molecule has 0 radical (unpaired) electrons. The van der Waals surface area contributed by atoms with E-state index in [-0.39, 0.29) is 23.8 Å². The van der Waals surface area contributed by atoms with Crippen LogP contribution < -0.4 is 9.47 Å². The molecule has 2 aromatic carbocycles. The van der Waals surface area contributed by atoms with Gasteiger partial charge in [0, 0.05) is 30.6 Å². The van der Waals surface area contributed by atoms with Crippen molar-refractivity contribution in [3.8, 4) is 11.5 Å². The first-order valence-electron chi connectivity index (χ1n) is 8.44. The standard InChI is InChI=1S/C21H14N2O5/c24-21-18-6-5-17(27-13-15-1-3-16(4-2-15)23(25)26)12-19(18)28-20(21)11-14-7-9-22-10-8-14/h1-12H,13H2. The third kappa shape index (κ3) is 3.59. The van der Waals surface area contributed by atoms with Crippen molar-refractivity contribution in [3.63, 3.8) is 0 Å². The van der Waals surface area contributed by atoms with Gasteiger partial charge in [-0.25, -0.2) is 0 Å². The number of nitrogens with zero attached hydrogens (tertiary/aromatic N) is 2.